The standard InChI is InChI=1S/C27H36/c1-17(2)24-18(3)13-19-11-10-12-23(25(19)24)20-14-21(26(4,5)6)16-22(15-20)27(7,8)9/h10-17,24H,1-9H3. The first-order valence-electron chi connectivity index (χ1n) is 10.4. The number of rotatable bonds is 2. The molecule has 27 heavy (non-hydrogen) atoms. The lowest BCUT2D eigenvalue weighted by atomic mass is 9.77. The fraction of sp³-hybridized carbons (Fsp3) is 0.481. The predicted molar refractivity (Wildman–Crippen MR) is 121 cm³/mol. The van der Waals surface area contributed by atoms with Crippen molar-refractivity contribution in [2.45, 2.75) is 79.1 Å². The zero-order chi connectivity index (χ0) is 20.1. The fourth-order valence-electron chi connectivity index (χ4n) is 4.38. The molecule has 1 aliphatic carbocycles. The highest BCUT2D eigenvalue weighted by Crippen LogP contribution is 2.46. The van der Waals surface area contributed by atoms with Crippen molar-refractivity contribution in [3.8, 4) is 11.1 Å². The molecule has 0 radical (unpaired) electrons. The van der Waals surface area contributed by atoms with Gasteiger partial charge in [-0.2, -0.15) is 0 Å². The molecular weight excluding hydrogens is 324 g/mol. The molecule has 1 unspecified atom stereocenters. The van der Waals surface area contributed by atoms with Gasteiger partial charge in [-0.1, -0.05) is 103 Å². The number of hydrogen-bond donors (Lipinski definition) is 0. The lowest BCUT2D eigenvalue weighted by Gasteiger charge is -2.28. The summed E-state index contributed by atoms with van der Waals surface area (Å²) in [5.41, 5.74) is 10.3. The van der Waals surface area contributed by atoms with Crippen LogP contribution in [0.15, 0.2) is 42.0 Å². The third-order valence-electron chi connectivity index (χ3n) is 5.97. The molecule has 0 N–H and O–H groups in total. The third-order valence-corrected chi connectivity index (χ3v) is 5.97. The molecule has 0 amide bonds. The molecule has 0 heterocycles. The molecule has 1 atom stereocenters. The molecule has 0 nitrogen and oxygen atoms in total. The van der Waals surface area contributed by atoms with E-state index in [4.69, 9.17) is 0 Å². The van der Waals surface area contributed by atoms with Crippen LogP contribution in [0.3, 0.4) is 0 Å². The Morgan fingerprint density at radius 2 is 1.37 bits per heavy atom. The van der Waals surface area contributed by atoms with E-state index in [1.165, 1.54) is 39.0 Å². The zero-order valence-electron chi connectivity index (χ0n) is 18.7. The molecule has 0 heteroatoms. The molecule has 144 valence electrons. The van der Waals surface area contributed by atoms with E-state index in [1.54, 1.807) is 0 Å². The average Bonchev–Trinajstić information content (AvgIpc) is 2.88. The Kier molecular flexibility index (Phi) is 4.91. The first-order valence-corrected chi connectivity index (χ1v) is 10.4. The van der Waals surface area contributed by atoms with Gasteiger partial charge in [-0.15, -0.1) is 0 Å². The van der Waals surface area contributed by atoms with Gasteiger partial charge in [0.15, 0.2) is 0 Å². The minimum Gasteiger partial charge on any atom is -0.0649 e. The molecule has 3 rings (SSSR count). The number of hydrogen-bond acceptors (Lipinski definition) is 0. The van der Waals surface area contributed by atoms with Crippen molar-refractivity contribution in [2.24, 2.45) is 5.92 Å². The molecule has 0 spiro atoms. The summed E-state index contributed by atoms with van der Waals surface area (Å²) < 4.78 is 0. The Morgan fingerprint density at radius 3 is 1.85 bits per heavy atom. The molecule has 0 aromatic heterocycles. The van der Waals surface area contributed by atoms with Gasteiger partial charge < -0.3 is 0 Å². The summed E-state index contributed by atoms with van der Waals surface area (Å²) >= 11 is 0. The van der Waals surface area contributed by atoms with Crippen molar-refractivity contribution in [2.75, 3.05) is 0 Å². The van der Waals surface area contributed by atoms with E-state index in [1.807, 2.05) is 0 Å². The van der Waals surface area contributed by atoms with Gasteiger partial charge in [-0.05, 0) is 57.1 Å². The van der Waals surface area contributed by atoms with E-state index in [2.05, 4.69) is 105 Å². The maximum atomic E-state index is 2.43. The van der Waals surface area contributed by atoms with Crippen molar-refractivity contribution in [1.82, 2.24) is 0 Å². The summed E-state index contributed by atoms with van der Waals surface area (Å²) in [7, 11) is 0. The summed E-state index contributed by atoms with van der Waals surface area (Å²) in [6.45, 7) is 20.9. The van der Waals surface area contributed by atoms with Gasteiger partial charge in [0, 0.05) is 5.92 Å². The van der Waals surface area contributed by atoms with Crippen molar-refractivity contribution < 1.29 is 0 Å². The van der Waals surface area contributed by atoms with Crippen LogP contribution in [-0.4, -0.2) is 0 Å². The van der Waals surface area contributed by atoms with E-state index < -0.39 is 0 Å². The lowest BCUT2D eigenvalue weighted by molar-refractivity contribution is 0.563. The summed E-state index contributed by atoms with van der Waals surface area (Å²) in [6.07, 6.45) is 2.39. The average molecular weight is 361 g/mol. The highest BCUT2D eigenvalue weighted by Gasteiger charge is 2.29. The summed E-state index contributed by atoms with van der Waals surface area (Å²) in [5.74, 6) is 1.13. The van der Waals surface area contributed by atoms with Crippen LogP contribution in [0.25, 0.3) is 17.2 Å². The minimum atomic E-state index is 0.138. The van der Waals surface area contributed by atoms with Crippen LogP contribution in [0, 0.1) is 5.92 Å². The van der Waals surface area contributed by atoms with Gasteiger partial charge in [-0.25, -0.2) is 0 Å². The van der Waals surface area contributed by atoms with Crippen molar-refractivity contribution in [1.29, 1.82) is 0 Å². The normalized spacial score (nSPS) is 17.3. The van der Waals surface area contributed by atoms with E-state index in [9.17, 15) is 0 Å². The summed E-state index contributed by atoms with van der Waals surface area (Å²) in [4.78, 5) is 0. The van der Waals surface area contributed by atoms with E-state index in [0.29, 0.717) is 11.8 Å². The van der Waals surface area contributed by atoms with Gasteiger partial charge >= 0.3 is 0 Å². The van der Waals surface area contributed by atoms with Crippen molar-refractivity contribution in [3.05, 3.63) is 64.2 Å². The molecule has 0 aliphatic heterocycles. The van der Waals surface area contributed by atoms with Gasteiger partial charge in [0.2, 0.25) is 0 Å². The molecule has 0 fully saturated rings. The first kappa shape index (κ1) is 19.9. The van der Waals surface area contributed by atoms with Gasteiger partial charge in [0.05, 0.1) is 0 Å². The maximum Gasteiger partial charge on any atom is 0.00838 e. The Hall–Kier alpha value is -1.82. The van der Waals surface area contributed by atoms with Crippen LogP contribution in [0.4, 0.5) is 0 Å². The second-order valence-electron chi connectivity index (χ2n) is 10.7. The Bertz CT molecular complexity index is 847. The van der Waals surface area contributed by atoms with Crippen molar-refractivity contribution >= 4 is 6.08 Å². The van der Waals surface area contributed by atoms with Crippen LogP contribution in [0.5, 0.6) is 0 Å². The van der Waals surface area contributed by atoms with E-state index >= 15 is 0 Å². The lowest BCUT2D eigenvalue weighted by Crippen LogP contribution is -2.16. The van der Waals surface area contributed by atoms with Crippen molar-refractivity contribution in [3.63, 3.8) is 0 Å². The van der Waals surface area contributed by atoms with E-state index in [0.717, 1.165) is 0 Å². The quantitative estimate of drug-likeness (QED) is 0.507. The van der Waals surface area contributed by atoms with Crippen LogP contribution >= 0.6 is 0 Å². The maximum absolute atomic E-state index is 2.43. The molecular formula is C27H36. The van der Waals surface area contributed by atoms with Crippen LogP contribution in [0.2, 0.25) is 0 Å². The number of benzene rings is 2. The Balaban J connectivity index is 2.27. The second-order valence-corrected chi connectivity index (χ2v) is 10.7. The molecule has 2 aromatic rings. The Labute approximate surface area is 166 Å². The van der Waals surface area contributed by atoms with Crippen LogP contribution < -0.4 is 0 Å². The first-order chi connectivity index (χ1) is 12.4. The second kappa shape index (κ2) is 6.66. The molecule has 0 bridgehead atoms. The third kappa shape index (κ3) is 3.77. The molecule has 0 saturated carbocycles. The van der Waals surface area contributed by atoms with E-state index in [-0.39, 0.29) is 10.8 Å². The smallest absolute Gasteiger partial charge is 0.00838 e. The highest BCUT2D eigenvalue weighted by atomic mass is 14.3. The number of allylic oxidation sites excluding steroid dienone is 1. The van der Waals surface area contributed by atoms with Crippen LogP contribution in [-0.2, 0) is 10.8 Å². The largest absolute Gasteiger partial charge is 0.0649 e. The molecule has 2 aromatic carbocycles. The molecule has 1 aliphatic rings. The van der Waals surface area contributed by atoms with Gasteiger partial charge in [0.25, 0.3) is 0 Å². The Morgan fingerprint density at radius 1 is 0.815 bits per heavy atom. The zero-order valence-corrected chi connectivity index (χ0v) is 18.7. The topological polar surface area (TPSA) is 0 Å². The number of fused-ring (bicyclic) bond motifs is 1. The monoisotopic (exact) mass is 360 g/mol. The SMILES string of the molecule is CC1=Cc2cccc(-c3cc(C(C)(C)C)cc(C(C)(C)C)c3)c2C1C(C)C. The minimum absolute atomic E-state index is 0.138. The van der Waals surface area contributed by atoms with Crippen LogP contribution in [0.1, 0.15) is 90.5 Å². The fourth-order valence-corrected chi connectivity index (χ4v) is 4.38. The molecule has 0 saturated heterocycles. The van der Waals surface area contributed by atoms with Gasteiger partial charge in [-0.3, -0.25) is 0 Å². The van der Waals surface area contributed by atoms with Gasteiger partial charge in [0.1, 0.15) is 0 Å². The summed E-state index contributed by atoms with van der Waals surface area (Å²) in [5, 5.41) is 0. The predicted octanol–water partition coefficient (Wildman–Crippen LogP) is 8.11. The highest BCUT2D eigenvalue weighted by molar-refractivity contribution is 5.79. The summed E-state index contributed by atoms with van der Waals surface area (Å²) in [6, 6.07) is 14.1.